The van der Waals surface area contributed by atoms with E-state index in [1.54, 1.807) is 11.3 Å². The third kappa shape index (κ3) is 8.66. The van der Waals surface area contributed by atoms with Gasteiger partial charge in [-0.3, -0.25) is 4.79 Å². The third-order valence-corrected chi connectivity index (χ3v) is 4.46. The van der Waals surface area contributed by atoms with Gasteiger partial charge in [-0.2, -0.15) is 5.10 Å². The Morgan fingerprint density at radius 1 is 1.14 bits per heavy atom. The number of carbonyl (C=O) groups excluding carboxylic acids is 1. The van der Waals surface area contributed by atoms with Gasteiger partial charge in [0, 0.05) is 11.3 Å². The molecule has 1 rings (SSSR count). The molecule has 0 bridgehead atoms. The lowest BCUT2D eigenvalue weighted by Gasteiger charge is -2.02. The number of hydrazone groups is 1. The first-order valence-electron chi connectivity index (χ1n) is 8.11. The van der Waals surface area contributed by atoms with Gasteiger partial charge in [-0.1, -0.05) is 57.9 Å². The number of rotatable bonds is 11. The molecule has 1 aromatic heterocycles. The highest BCUT2D eigenvalue weighted by Crippen LogP contribution is 2.10. The average molecular weight is 308 g/mol. The first-order valence-corrected chi connectivity index (χ1v) is 8.99. The Morgan fingerprint density at radius 2 is 1.81 bits per heavy atom. The molecule has 3 nitrogen and oxygen atoms in total. The van der Waals surface area contributed by atoms with E-state index in [1.165, 1.54) is 38.5 Å². The minimum absolute atomic E-state index is 0.0249. The summed E-state index contributed by atoms with van der Waals surface area (Å²) in [5.41, 5.74) is 3.51. The van der Waals surface area contributed by atoms with E-state index < -0.39 is 0 Å². The molecular weight excluding hydrogens is 280 g/mol. The Bertz CT molecular complexity index is 412. The fourth-order valence-electron chi connectivity index (χ4n) is 2.16. The predicted octanol–water partition coefficient (Wildman–Crippen LogP) is 5.12. The molecule has 0 aliphatic rings. The largest absolute Gasteiger partial charge is 0.273 e. The highest BCUT2D eigenvalue weighted by Gasteiger charge is 2.02. The van der Waals surface area contributed by atoms with Crippen molar-refractivity contribution in [1.82, 2.24) is 5.43 Å². The van der Waals surface area contributed by atoms with Gasteiger partial charge in [-0.15, -0.1) is 11.3 Å². The van der Waals surface area contributed by atoms with E-state index in [4.69, 9.17) is 0 Å². The monoisotopic (exact) mass is 308 g/mol. The second kappa shape index (κ2) is 11.5. The summed E-state index contributed by atoms with van der Waals surface area (Å²) in [7, 11) is 0. The molecule has 0 saturated carbocycles. The minimum atomic E-state index is 0.0249. The maximum atomic E-state index is 11.7. The van der Waals surface area contributed by atoms with E-state index in [-0.39, 0.29) is 5.91 Å². The Morgan fingerprint density at radius 3 is 2.43 bits per heavy atom. The van der Waals surface area contributed by atoms with Crippen molar-refractivity contribution in [1.29, 1.82) is 0 Å². The quantitative estimate of drug-likeness (QED) is 0.344. The zero-order valence-electron chi connectivity index (χ0n) is 13.4. The summed E-state index contributed by atoms with van der Waals surface area (Å²) in [4.78, 5) is 12.8. The number of carbonyl (C=O) groups is 1. The molecule has 1 amide bonds. The number of thiophene rings is 1. The molecule has 4 heteroatoms. The number of hydrogen-bond acceptors (Lipinski definition) is 3. The lowest BCUT2D eigenvalue weighted by atomic mass is 10.1. The van der Waals surface area contributed by atoms with E-state index in [2.05, 4.69) is 17.5 Å². The zero-order valence-corrected chi connectivity index (χ0v) is 14.2. The van der Waals surface area contributed by atoms with E-state index >= 15 is 0 Å². The summed E-state index contributed by atoms with van der Waals surface area (Å²) < 4.78 is 0. The Labute approximate surface area is 132 Å². The molecular formula is C17H28N2OS. The van der Waals surface area contributed by atoms with Crippen LogP contribution in [0.25, 0.3) is 0 Å². The van der Waals surface area contributed by atoms with Crippen molar-refractivity contribution < 1.29 is 4.79 Å². The zero-order chi connectivity index (χ0) is 15.3. The van der Waals surface area contributed by atoms with Crippen LogP contribution in [-0.4, -0.2) is 11.6 Å². The molecule has 0 atom stereocenters. The van der Waals surface area contributed by atoms with Crippen molar-refractivity contribution in [3.05, 3.63) is 22.4 Å². The van der Waals surface area contributed by atoms with Crippen LogP contribution in [0.1, 0.15) is 76.5 Å². The number of amides is 1. The lowest BCUT2D eigenvalue weighted by molar-refractivity contribution is -0.121. The molecule has 0 aliphatic carbocycles. The molecule has 0 aliphatic heterocycles. The molecule has 0 radical (unpaired) electrons. The molecule has 0 aromatic carbocycles. The number of nitrogens with zero attached hydrogens (tertiary/aromatic N) is 1. The molecule has 0 fully saturated rings. The van der Waals surface area contributed by atoms with Gasteiger partial charge in [0.25, 0.3) is 0 Å². The van der Waals surface area contributed by atoms with Crippen molar-refractivity contribution in [2.45, 2.75) is 71.6 Å². The second-order valence-corrected chi connectivity index (χ2v) is 6.38. The minimum Gasteiger partial charge on any atom is -0.273 e. The second-order valence-electron chi connectivity index (χ2n) is 5.43. The van der Waals surface area contributed by atoms with E-state index in [1.807, 2.05) is 24.4 Å². The van der Waals surface area contributed by atoms with Gasteiger partial charge in [0.15, 0.2) is 0 Å². The van der Waals surface area contributed by atoms with Crippen LogP contribution in [0.15, 0.2) is 22.6 Å². The maximum absolute atomic E-state index is 11.7. The van der Waals surface area contributed by atoms with Gasteiger partial charge in [0.2, 0.25) is 5.91 Å². The topological polar surface area (TPSA) is 41.5 Å². The van der Waals surface area contributed by atoms with Gasteiger partial charge >= 0.3 is 0 Å². The number of unbranched alkanes of at least 4 members (excludes halogenated alkanes) is 7. The van der Waals surface area contributed by atoms with Crippen molar-refractivity contribution in [3.8, 4) is 0 Å². The molecule has 1 heterocycles. The maximum Gasteiger partial charge on any atom is 0.240 e. The van der Waals surface area contributed by atoms with Crippen LogP contribution in [-0.2, 0) is 4.79 Å². The van der Waals surface area contributed by atoms with Gasteiger partial charge in [0.1, 0.15) is 0 Å². The van der Waals surface area contributed by atoms with Crippen LogP contribution in [0.2, 0.25) is 0 Å². The molecule has 118 valence electrons. The summed E-state index contributed by atoms with van der Waals surface area (Å²) in [6.45, 7) is 4.16. The van der Waals surface area contributed by atoms with Gasteiger partial charge < -0.3 is 0 Å². The van der Waals surface area contributed by atoms with Gasteiger partial charge in [-0.05, 0) is 24.8 Å². The Balaban J connectivity index is 2.03. The molecule has 0 unspecified atom stereocenters. The van der Waals surface area contributed by atoms with Crippen molar-refractivity contribution in [3.63, 3.8) is 0 Å². The van der Waals surface area contributed by atoms with E-state index in [9.17, 15) is 4.79 Å². The summed E-state index contributed by atoms with van der Waals surface area (Å²) in [6.07, 6.45) is 10.6. The average Bonchev–Trinajstić information content (AvgIpc) is 3.02. The van der Waals surface area contributed by atoms with Gasteiger partial charge in [0.05, 0.1) is 5.71 Å². The molecule has 1 N–H and O–H groups in total. The van der Waals surface area contributed by atoms with Crippen LogP contribution in [0, 0.1) is 0 Å². The number of hydrogen-bond donors (Lipinski definition) is 1. The van der Waals surface area contributed by atoms with Crippen LogP contribution in [0.4, 0.5) is 0 Å². The van der Waals surface area contributed by atoms with Crippen LogP contribution >= 0.6 is 11.3 Å². The summed E-state index contributed by atoms with van der Waals surface area (Å²) >= 11 is 1.63. The summed E-state index contributed by atoms with van der Waals surface area (Å²) in [6, 6.07) is 4.00. The highest BCUT2D eigenvalue weighted by molar-refractivity contribution is 7.12. The highest BCUT2D eigenvalue weighted by atomic mass is 32.1. The fraction of sp³-hybridized carbons (Fsp3) is 0.647. The van der Waals surface area contributed by atoms with E-state index in [0.29, 0.717) is 6.42 Å². The number of nitrogens with one attached hydrogen (secondary N) is 1. The van der Waals surface area contributed by atoms with Crippen LogP contribution in [0.3, 0.4) is 0 Å². The summed E-state index contributed by atoms with van der Waals surface area (Å²) in [5.74, 6) is 0.0249. The molecule has 0 saturated heterocycles. The SMILES string of the molecule is CCCCCCCCCCC(=O)N/N=C(\C)c1cccs1. The standard InChI is InChI=1S/C17H28N2OS/c1-3-4-5-6-7-8-9-10-13-17(20)19-18-15(2)16-12-11-14-21-16/h11-12,14H,3-10,13H2,1-2H3,(H,19,20)/b18-15+. The lowest BCUT2D eigenvalue weighted by Crippen LogP contribution is -2.18. The van der Waals surface area contributed by atoms with Crippen molar-refractivity contribution >= 4 is 23.0 Å². The Kier molecular flexibility index (Phi) is 9.79. The smallest absolute Gasteiger partial charge is 0.240 e. The van der Waals surface area contributed by atoms with Crippen molar-refractivity contribution in [2.75, 3.05) is 0 Å². The molecule has 0 spiro atoms. The van der Waals surface area contributed by atoms with Crippen LogP contribution < -0.4 is 5.43 Å². The molecule has 1 aromatic rings. The summed E-state index contributed by atoms with van der Waals surface area (Å²) in [5, 5.41) is 6.15. The fourth-order valence-corrected chi connectivity index (χ4v) is 2.84. The first kappa shape index (κ1) is 17.9. The predicted molar refractivity (Wildman–Crippen MR) is 91.9 cm³/mol. The van der Waals surface area contributed by atoms with Crippen LogP contribution in [0.5, 0.6) is 0 Å². The first-order chi connectivity index (χ1) is 10.2. The van der Waals surface area contributed by atoms with Crippen molar-refractivity contribution in [2.24, 2.45) is 5.10 Å². The Hall–Kier alpha value is -1.16. The normalized spacial score (nSPS) is 11.6. The molecule has 21 heavy (non-hydrogen) atoms. The van der Waals surface area contributed by atoms with E-state index in [0.717, 1.165) is 23.4 Å². The van der Waals surface area contributed by atoms with Gasteiger partial charge in [-0.25, -0.2) is 5.43 Å². The third-order valence-electron chi connectivity index (χ3n) is 3.48.